The maximum Gasteiger partial charge on any atom is 0.217 e. The number of aromatic nitrogens is 1. The molecular weight excluding hydrogens is 308 g/mol. The summed E-state index contributed by atoms with van der Waals surface area (Å²) in [7, 11) is 0. The average molecular weight is 328 g/mol. The highest BCUT2D eigenvalue weighted by Crippen LogP contribution is 2.13. The zero-order chi connectivity index (χ0) is 17.6. The maximum absolute atomic E-state index is 11.1. The molecule has 0 fully saturated rings. The van der Waals surface area contributed by atoms with E-state index in [4.69, 9.17) is 0 Å². The number of hydrogen-bond acceptors (Lipinski definition) is 2. The summed E-state index contributed by atoms with van der Waals surface area (Å²) in [5.74, 6) is 6.40. The second kappa shape index (κ2) is 7.63. The highest BCUT2D eigenvalue weighted by Gasteiger charge is 2.04. The van der Waals surface area contributed by atoms with Crippen molar-refractivity contribution in [1.82, 2.24) is 10.3 Å². The first-order valence-corrected chi connectivity index (χ1v) is 8.33. The van der Waals surface area contributed by atoms with Crippen molar-refractivity contribution in [1.29, 1.82) is 0 Å². The van der Waals surface area contributed by atoms with Crippen LogP contribution < -0.4 is 5.32 Å². The van der Waals surface area contributed by atoms with Crippen LogP contribution in [0.3, 0.4) is 0 Å². The summed E-state index contributed by atoms with van der Waals surface area (Å²) in [4.78, 5) is 15.4. The molecule has 1 atom stereocenters. The van der Waals surface area contributed by atoms with E-state index in [1.807, 2.05) is 43.3 Å². The first-order valence-electron chi connectivity index (χ1n) is 8.33. The van der Waals surface area contributed by atoms with Gasteiger partial charge >= 0.3 is 0 Å². The first-order chi connectivity index (χ1) is 12.1. The van der Waals surface area contributed by atoms with Crippen LogP contribution >= 0.6 is 0 Å². The summed E-state index contributed by atoms with van der Waals surface area (Å²) in [6.07, 6.45) is 2.60. The van der Waals surface area contributed by atoms with E-state index in [1.54, 1.807) is 6.20 Å². The number of rotatable bonds is 3. The Morgan fingerprint density at radius 1 is 1.08 bits per heavy atom. The van der Waals surface area contributed by atoms with E-state index in [2.05, 4.69) is 40.3 Å². The van der Waals surface area contributed by atoms with Gasteiger partial charge in [-0.25, -0.2) is 0 Å². The van der Waals surface area contributed by atoms with Gasteiger partial charge in [-0.1, -0.05) is 30.0 Å². The minimum absolute atomic E-state index is 0.000529. The largest absolute Gasteiger partial charge is 0.354 e. The molecule has 1 N–H and O–H groups in total. The van der Waals surface area contributed by atoms with Crippen LogP contribution in [0.25, 0.3) is 10.9 Å². The van der Waals surface area contributed by atoms with Crippen LogP contribution in [0, 0.1) is 11.8 Å². The van der Waals surface area contributed by atoms with E-state index in [9.17, 15) is 4.79 Å². The van der Waals surface area contributed by atoms with E-state index in [1.165, 1.54) is 12.5 Å². The molecule has 3 heteroatoms. The summed E-state index contributed by atoms with van der Waals surface area (Å²) >= 11 is 0. The van der Waals surface area contributed by atoms with Gasteiger partial charge in [0.1, 0.15) is 0 Å². The Morgan fingerprint density at radius 3 is 2.56 bits per heavy atom. The van der Waals surface area contributed by atoms with Crippen molar-refractivity contribution in [2.24, 2.45) is 0 Å². The number of nitrogens with one attached hydrogen (secondary N) is 1. The average Bonchev–Trinajstić information content (AvgIpc) is 2.60. The Hall–Kier alpha value is -3.12. The lowest BCUT2D eigenvalue weighted by Crippen LogP contribution is -2.31. The standard InChI is InChI=1S/C22H20N2O/c1-16(24-17(2)25)14-19-8-5-18(6-9-19)7-10-20-11-12-22-21(15-20)4-3-13-23-22/h3-6,8-9,11-13,15-16H,14H2,1-2H3,(H,24,25). The molecule has 1 unspecified atom stereocenters. The quantitative estimate of drug-likeness (QED) is 0.745. The molecular formula is C22H20N2O. The maximum atomic E-state index is 11.1. The Balaban J connectivity index is 1.70. The number of benzene rings is 2. The molecule has 0 aliphatic heterocycles. The van der Waals surface area contributed by atoms with Gasteiger partial charge in [-0.15, -0.1) is 0 Å². The fraction of sp³-hybridized carbons (Fsp3) is 0.182. The number of pyridine rings is 1. The van der Waals surface area contributed by atoms with Crippen LogP contribution in [0.5, 0.6) is 0 Å². The fourth-order valence-electron chi connectivity index (χ4n) is 2.77. The van der Waals surface area contributed by atoms with Gasteiger partial charge in [-0.3, -0.25) is 9.78 Å². The number of fused-ring (bicyclic) bond motifs is 1. The molecule has 3 nitrogen and oxygen atoms in total. The van der Waals surface area contributed by atoms with E-state index in [-0.39, 0.29) is 11.9 Å². The topological polar surface area (TPSA) is 42.0 Å². The third-order valence-corrected chi connectivity index (χ3v) is 3.90. The molecule has 0 aliphatic carbocycles. The molecule has 25 heavy (non-hydrogen) atoms. The SMILES string of the molecule is CC(=O)NC(C)Cc1ccc(C#Cc2ccc3ncccc3c2)cc1. The fourth-order valence-corrected chi connectivity index (χ4v) is 2.77. The number of carbonyl (C=O) groups excluding carboxylic acids is 1. The van der Waals surface area contributed by atoms with Gasteiger partial charge in [0.05, 0.1) is 5.52 Å². The Morgan fingerprint density at radius 2 is 1.80 bits per heavy atom. The predicted octanol–water partition coefficient (Wildman–Crippen LogP) is 3.70. The Labute approximate surface area is 148 Å². The highest BCUT2D eigenvalue weighted by atomic mass is 16.1. The van der Waals surface area contributed by atoms with E-state index < -0.39 is 0 Å². The van der Waals surface area contributed by atoms with Crippen molar-refractivity contribution in [2.45, 2.75) is 26.3 Å². The third kappa shape index (κ3) is 4.68. The van der Waals surface area contributed by atoms with Crippen LogP contribution in [0.15, 0.2) is 60.8 Å². The molecule has 0 saturated carbocycles. The van der Waals surface area contributed by atoms with Crippen molar-refractivity contribution in [3.8, 4) is 11.8 Å². The summed E-state index contributed by atoms with van der Waals surface area (Å²) in [5, 5.41) is 3.99. The first kappa shape index (κ1) is 16.7. The normalized spacial score (nSPS) is 11.4. The molecule has 0 aliphatic rings. The van der Waals surface area contributed by atoms with Crippen LogP contribution in [0.2, 0.25) is 0 Å². The molecule has 3 rings (SSSR count). The van der Waals surface area contributed by atoms with E-state index >= 15 is 0 Å². The lowest BCUT2D eigenvalue weighted by Gasteiger charge is -2.12. The zero-order valence-electron chi connectivity index (χ0n) is 14.4. The Bertz CT molecular complexity index is 949. The van der Waals surface area contributed by atoms with Crippen molar-refractivity contribution in [2.75, 3.05) is 0 Å². The van der Waals surface area contributed by atoms with E-state index in [0.29, 0.717) is 0 Å². The van der Waals surface area contributed by atoms with Crippen LogP contribution in [-0.2, 0) is 11.2 Å². The molecule has 1 amide bonds. The Kier molecular flexibility index (Phi) is 5.11. The monoisotopic (exact) mass is 328 g/mol. The van der Waals surface area contributed by atoms with E-state index in [0.717, 1.165) is 28.5 Å². The molecule has 3 aromatic rings. The second-order valence-electron chi connectivity index (χ2n) is 6.16. The smallest absolute Gasteiger partial charge is 0.217 e. The van der Waals surface area contributed by atoms with Crippen molar-refractivity contribution in [3.05, 3.63) is 77.5 Å². The molecule has 0 bridgehead atoms. The minimum Gasteiger partial charge on any atom is -0.354 e. The second-order valence-corrected chi connectivity index (χ2v) is 6.16. The molecule has 0 spiro atoms. The van der Waals surface area contributed by atoms with Crippen LogP contribution in [0.1, 0.15) is 30.5 Å². The van der Waals surface area contributed by atoms with Gasteiger partial charge in [0.25, 0.3) is 0 Å². The zero-order valence-corrected chi connectivity index (χ0v) is 14.4. The summed E-state index contributed by atoms with van der Waals surface area (Å²) < 4.78 is 0. The molecule has 0 saturated heterocycles. The number of carbonyl (C=O) groups is 1. The van der Waals surface area contributed by atoms with Crippen molar-refractivity contribution >= 4 is 16.8 Å². The molecule has 2 aromatic carbocycles. The molecule has 124 valence electrons. The number of nitrogens with zero attached hydrogens (tertiary/aromatic N) is 1. The lowest BCUT2D eigenvalue weighted by molar-refractivity contribution is -0.119. The molecule has 1 aromatic heterocycles. The van der Waals surface area contributed by atoms with Gasteiger partial charge in [0.15, 0.2) is 0 Å². The highest BCUT2D eigenvalue weighted by molar-refractivity contribution is 5.79. The van der Waals surface area contributed by atoms with Gasteiger partial charge in [0.2, 0.25) is 5.91 Å². The van der Waals surface area contributed by atoms with Crippen molar-refractivity contribution < 1.29 is 4.79 Å². The summed E-state index contributed by atoms with van der Waals surface area (Å²) in [5.41, 5.74) is 4.11. The van der Waals surface area contributed by atoms with Gasteiger partial charge in [0, 0.05) is 35.7 Å². The van der Waals surface area contributed by atoms with Gasteiger partial charge < -0.3 is 5.32 Å². The van der Waals surface area contributed by atoms with Gasteiger partial charge in [-0.05, 0) is 55.3 Å². The van der Waals surface area contributed by atoms with Crippen LogP contribution in [0.4, 0.5) is 0 Å². The molecule has 1 heterocycles. The molecule has 0 radical (unpaired) electrons. The van der Waals surface area contributed by atoms with Crippen LogP contribution in [-0.4, -0.2) is 16.9 Å². The third-order valence-electron chi connectivity index (χ3n) is 3.90. The summed E-state index contributed by atoms with van der Waals surface area (Å²) in [6, 6.07) is 18.3. The van der Waals surface area contributed by atoms with Gasteiger partial charge in [-0.2, -0.15) is 0 Å². The number of amides is 1. The predicted molar refractivity (Wildman–Crippen MR) is 101 cm³/mol. The lowest BCUT2D eigenvalue weighted by atomic mass is 10.0. The number of hydrogen-bond donors (Lipinski definition) is 1. The minimum atomic E-state index is 0.000529. The van der Waals surface area contributed by atoms with Crippen molar-refractivity contribution in [3.63, 3.8) is 0 Å². The summed E-state index contributed by atoms with van der Waals surface area (Å²) in [6.45, 7) is 3.54.